The topological polar surface area (TPSA) is 37.4 Å². The maximum absolute atomic E-state index is 12.7. The molecule has 0 fully saturated rings. The van der Waals surface area contributed by atoms with Gasteiger partial charge in [0.15, 0.2) is 0 Å². The van der Waals surface area contributed by atoms with Gasteiger partial charge in [0.2, 0.25) is 0 Å². The van der Waals surface area contributed by atoms with Gasteiger partial charge in [-0.3, -0.25) is 0 Å². The minimum atomic E-state index is -3.53. The number of rotatable bonds is 6. The summed E-state index contributed by atoms with van der Waals surface area (Å²) in [6.07, 6.45) is 0. The third-order valence-electron chi connectivity index (χ3n) is 2.69. The van der Waals surface area contributed by atoms with Crippen LogP contribution < -0.4 is 0 Å². The monoisotopic (exact) mass is 393 g/mol. The molecular formula is C13H13BrClNO2S2. The summed E-state index contributed by atoms with van der Waals surface area (Å²) >= 11 is 10.2. The molecular weight excluding hydrogens is 382 g/mol. The predicted octanol–water partition coefficient (Wildman–Crippen LogP) is 3.94. The molecule has 1 aromatic heterocycles. The van der Waals surface area contributed by atoms with Gasteiger partial charge < -0.3 is 0 Å². The fourth-order valence-corrected chi connectivity index (χ4v) is 5.93. The number of sulfonamides is 1. The van der Waals surface area contributed by atoms with E-state index in [4.69, 9.17) is 11.6 Å². The Kier molecular flexibility index (Phi) is 5.63. The molecule has 7 heteroatoms. The van der Waals surface area contributed by atoms with E-state index in [0.29, 0.717) is 15.2 Å². The molecule has 3 nitrogen and oxygen atoms in total. The van der Waals surface area contributed by atoms with Crippen molar-refractivity contribution in [2.75, 3.05) is 12.4 Å². The first-order valence-electron chi connectivity index (χ1n) is 5.88. The lowest BCUT2D eigenvalue weighted by atomic mass is 10.2. The SMILES string of the molecule is O=S(=O)(c1sccc1Br)N(CCCl)Cc1ccccc1. The Bertz CT molecular complexity index is 658. The zero-order chi connectivity index (χ0) is 14.6. The number of hydrogen-bond acceptors (Lipinski definition) is 3. The van der Waals surface area contributed by atoms with Crippen LogP contribution in [0.15, 0.2) is 50.5 Å². The van der Waals surface area contributed by atoms with Crippen molar-refractivity contribution < 1.29 is 8.42 Å². The smallest absolute Gasteiger partial charge is 0.206 e. The average molecular weight is 395 g/mol. The number of benzene rings is 1. The fraction of sp³-hybridized carbons (Fsp3) is 0.231. The van der Waals surface area contributed by atoms with Gasteiger partial charge in [-0.1, -0.05) is 30.3 Å². The number of hydrogen-bond donors (Lipinski definition) is 0. The van der Waals surface area contributed by atoms with E-state index in [-0.39, 0.29) is 12.4 Å². The Balaban J connectivity index is 2.31. The lowest BCUT2D eigenvalue weighted by Gasteiger charge is -2.20. The summed E-state index contributed by atoms with van der Waals surface area (Å²) in [5, 5.41) is 1.75. The summed E-state index contributed by atoms with van der Waals surface area (Å²) in [6, 6.07) is 11.2. The average Bonchev–Trinajstić information content (AvgIpc) is 2.86. The third kappa shape index (κ3) is 3.62. The molecule has 0 aliphatic carbocycles. The molecule has 0 saturated heterocycles. The third-order valence-corrected chi connectivity index (χ3v) is 7.36. The van der Waals surface area contributed by atoms with Gasteiger partial charge in [-0.2, -0.15) is 4.31 Å². The van der Waals surface area contributed by atoms with Gasteiger partial charge in [0.25, 0.3) is 10.0 Å². The summed E-state index contributed by atoms with van der Waals surface area (Å²) in [5.41, 5.74) is 0.939. The molecule has 20 heavy (non-hydrogen) atoms. The van der Waals surface area contributed by atoms with Gasteiger partial charge in [0.1, 0.15) is 4.21 Å². The molecule has 1 aromatic carbocycles. The van der Waals surface area contributed by atoms with Gasteiger partial charge >= 0.3 is 0 Å². The second-order valence-corrected chi connectivity index (χ2v) is 8.35. The lowest BCUT2D eigenvalue weighted by molar-refractivity contribution is 0.426. The van der Waals surface area contributed by atoms with Gasteiger partial charge in [-0.25, -0.2) is 8.42 Å². The van der Waals surface area contributed by atoms with E-state index in [1.807, 2.05) is 30.3 Å². The van der Waals surface area contributed by atoms with Crippen molar-refractivity contribution in [2.45, 2.75) is 10.8 Å². The molecule has 108 valence electrons. The molecule has 0 radical (unpaired) electrons. The summed E-state index contributed by atoms with van der Waals surface area (Å²) in [5.74, 6) is 0.259. The van der Waals surface area contributed by atoms with Crippen molar-refractivity contribution in [1.29, 1.82) is 0 Å². The zero-order valence-corrected chi connectivity index (χ0v) is 14.5. The van der Waals surface area contributed by atoms with Gasteiger partial charge in [-0.15, -0.1) is 22.9 Å². The van der Waals surface area contributed by atoms with Crippen LogP contribution in [0.4, 0.5) is 0 Å². The minimum Gasteiger partial charge on any atom is -0.206 e. The highest BCUT2D eigenvalue weighted by atomic mass is 79.9. The lowest BCUT2D eigenvalue weighted by Crippen LogP contribution is -2.32. The first kappa shape index (κ1) is 16.0. The largest absolute Gasteiger partial charge is 0.254 e. The van der Waals surface area contributed by atoms with E-state index < -0.39 is 10.0 Å². The van der Waals surface area contributed by atoms with Gasteiger partial charge in [0, 0.05) is 23.4 Å². The number of thiophene rings is 1. The van der Waals surface area contributed by atoms with Crippen LogP contribution in [0.2, 0.25) is 0 Å². The van der Waals surface area contributed by atoms with E-state index >= 15 is 0 Å². The quantitative estimate of drug-likeness (QED) is 0.696. The number of alkyl halides is 1. The Morgan fingerprint density at radius 1 is 1.20 bits per heavy atom. The molecule has 1 heterocycles. The fourth-order valence-electron chi connectivity index (χ4n) is 1.75. The summed E-state index contributed by atoms with van der Waals surface area (Å²) in [6.45, 7) is 0.601. The van der Waals surface area contributed by atoms with Crippen LogP contribution in [0.5, 0.6) is 0 Å². The molecule has 0 saturated carbocycles. The van der Waals surface area contributed by atoms with Crippen LogP contribution in [0.25, 0.3) is 0 Å². The Labute approximate surface area is 136 Å². The first-order chi connectivity index (χ1) is 9.55. The van der Waals surface area contributed by atoms with Crippen LogP contribution >= 0.6 is 38.9 Å². The maximum atomic E-state index is 12.7. The standard InChI is InChI=1S/C13H13BrClNO2S2/c14-12-6-9-19-13(12)20(17,18)16(8-7-15)10-11-4-2-1-3-5-11/h1-6,9H,7-8,10H2. The Morgan fingerprint density at radius 2 is 1.90 bits per heavy atom. The van der Waals surface area contributed by atoms with Crippen molar-refractivity contribution in [2.24, 2.45) is 0 Å². The van der Waals surface area contributed by atoms with Crippen LogP contribution in [-0.2, 0) is 16.6 Å². The van der Waals surface area contributed by atoms with Gasteiger partial charge in [0.05, 0.1) is 0 Å². The highest BCUT2D eigenvalue weighted by molar-refractivity contribution is 9.10. The molecule has 0 atom stereocenters. The van der Waals surface area contributed by atoms with E-state index in [2.05, 4.69) is 15.9 Å². The highest BCUT2D eigenvalue weighted by Crippen LogP contribution is 2.31. The second kappa shape index (κ2) is 7.04. The minimum absolute atomic E-state index is 0.259. The molecule has 0 bridgehead atoms. The number of nitrogens with zero attached hydrogens (tertiary/aromatic N) is 1. The maximum Gasteiger partial charge on any atom is 0.254 e. The molecule has 0 N–H and O–H groups in total. The zero-order valence-electron chi connectivity index (χ0n) is 10.5. The van der Waals surface area contributed by atoms with Crippen molar-refractivity contribution in [3.8, 4) is 0 Å². The Morgan fingerprint density at radius 3 is 2.45 bits per heavy atom. The normalized spacial score (nSPS) is 11.9. The summed E-state index contributed by atoms with van der Waals surface area (Å²) in [4.78, 5) is 0. The molecule has 0 aliphatic rings. The molecule has 0 spiro atoms. The van der Waals surface area contributed by atoms with Crippen LogP contribution in [0, 0.1) is 0 Å². The van der Waals surface area contributed by atoms with E-state index in [1.165, 1.54) is 15.6 Å². The molecule has 2 rings (SSSR count). The van der Waals surface area contributed by atoms with E-state index in [9.17, 15) is 8.42 Å². The van der Waals surface area contributed by atoms with E-state index in [1.54, 1.807) is 11.4 Å². The van der Waals surface area contributed by atoms with Crippen molar-refractivity contribution >= 4 is 48.9 Å². The number of halogens is 2. The van der Waals surface area contributed by atoms with E-state index in [0.717, 1.165) is 5.56 Å². The van der Waals surface area contributed by atoms with Crippen LogP contribution in [0.3, 0.4) is 0 Å². The van der Waals surface area contributed by atoms with Crippen molar-refractivity contribution in [1.82, 2.24) is 4.31 Å². The summed E-state index contributed by atoms with van der Waals surface area (Å²) in [7, 11) is -3.53. The summed E-state index contributed by atoms with van der Waals surface area (Å²) < 4.78 is 27.6. The van der Waals surface area contributed by atoms with Crippen molar-refractivity contribution in [3.63, 3.8) is 0 Å². The predicted molar refractivity (Wildman–Crippen MR) is 86.8 cm³/mol. The van der Waals surface area contributed by atoms with Crippen LogP contribution in [-0.4, -0.2) is 25.1 Å². The first-order valence-corrected chi connectivity index (χ1v) is 9.53. The molecule has 0 amide bonds. The van der Waals surface area contributed by atoms with Gasteiger partial charge in [-0.05, 0) is 32.9 Å². The molecule has 2 aromatic rings. The molecule has 0 aliphatic heterocycles. The highest BCUT2D eigenvalue weighted by Gasteiger charge is 2.27. The van der Waals surface area contributed by atoms with Crippen molar-refractivity contribution in [3.05, 3.63) is 51.8 Å². The molecule has 0 unspecified atom stereocenters. The Hall–Kier alpha value is -0.400. The van der Waals surface area contributed by atoms with Crippen LogP contribution in [0.1, 0.15) is 5.56 Å². The second-order valence-electron chi connectivity index (χ2n) is 4.07.